The summed E-state index contributed by atoms with van der Waals surface area (Å²) in [7, 11) is 0. The monoisotopic (exact) mass is 398 g/mol. The second-order valence-corrected chi connectivity index (χ2v) is 6.92. The van der Waals surface area contributed by atoms with Gasteiger partial charge in [0.25, 0.3) is 0 Å². The van der Waals surface area contributed by atoms with Gasteiger partial charge < -0.3 is 5.32 Å². The molecule has 4 nitrogen and oxygen atoms in total. The lowest BCUT2D eigenvalue weighted by atomic mass is 10.1. The molecule has 1 amide bonds. The van der Waals surface area contributed by atoms with Crippen LogP contribution in [0.5, 0.6) is 0 Å². The van der Waals surface area contributed by atoms with Crippen molar-refractivity contribution in [2.75, 3.05) is 6.54 Å². The van der Waals surface area contributed by atoms with Crippen molar-refractivity contribution >= 4 is 38.7 Å². The summed E-state index contributed by atoms with van der Waals surface area (Å²) in [4.78, 5) is 27.4. The van der Waals surface area contributed by atoms with E-state index in [9.17, 15) is 9.59 Å². The normalized spacial score (nSPS) is 10.9. The Bertz CT molecular complexity index is 518. The van der Waals surface area contributed by atoms with Gasteiger partial charge in [0.2, 0.25) is 11.0 Å². The molecule has 0 aliphatic rings. The molecule has 0 saturated heterocycles. The van der Waals surface area contributed by atoms with Gasteiger partial charge in [-0.3, -0.25) is 14.6 Å². The molecule has 0 radical (unpaired) electrons. The number of pyridine rings is 1. The molecule has 1 N–H and O–H groups in total. The van der Waals surface area contributed by atoms with Crippen LogP contribution in [-0.4, -0.2) is 22.6 Å². The fraction of sp³-hybridized carbons (Fsp3) is 0.471. The third kappa shape index (κ3) is 9.56. The molecule has 1 rings (SSSR count). The zero-order chi connectivity index (χ0) is 16.9. The van der Waals surface area contributed by atoms with Crippen molar-refractivity contribution in [2.24, 2.45) is 0 Å². The fourth-order valence-corrected chi connectivity index (χ4v) is 2.68. The van der Waals surface area contributed by atoms with Gasteiger partial charge in [-0.15, -0.1) is 0 Å². The van der Waals surface area contributed by atoms with E-state index in [2.05, 4.69) is 33.2 Å². The highest BCUT2D eigenvalue weighted by atomic mass is 79.9. The highest BCUT2D eigenvalue weighted by Gasteiger charge is 2.06. The van der Waals surface area contributed by atoms with E-state index in [0.29, 0.717) is 12.2 Å². The fourth-order valence-electron chi connectivity index (χ4n) is 1.89. The first-order chi connectivity index (χ1) is 11.1. The topological polar surface area (TPSA) is 59.1 Å². The summed E-state index contributed by atoms with van der Waals surface area (Å²) in [6.07, 6.45) is 10.1. The van der Waals surface area contributed by atoms with Crippen LogP contribution in [0.3, 0.4) is 0 Å². The van der Waals surface area contributed by atoms with Gasteiger partial charge in [-0.2, -0.15) is 0 Å². The van der Waals surface area contributed by atoms with Crippen molar-refractivity contribution in [3.05, 3.63) is 40.0 Å². The van der Waals surface area contributed by atoms with Crippen molar-refractivity contribution < 1.29 is 9.59 Å². The molecule has 0 aromatic carbocycles. The van der Waals surface area contributed by atoms with E-state index in [-0.39, 0.29) is 11.0 Å². The molecule has 6 heteroatoms. The predicted octanol–water partition coefficient (Wildman–Crippen LogP) is 4.71. The van der Waals surface area contributed by atoms with E-state index in [1.165, 1.54) is 37.2 Å². The molecule has 23 heavy (non-hydrogen) atoms. The molecule has 1 heterocycles. The average molecular weight is 399 g/mol. The Morgan fingerprint density at radius 2 is 1.96 bits per heavy atom. The Kier molecular flexibility index (Phi) is 10.6. The number of hydrogen-bond donors (Lipinski definition) is 1. The molecule has 0 aliphatic heterocycles. The number of thioether (sulfide) groups is 1. The van der Waals surface area contributed by atoms with Crippen molar-refractivity contribution in [2.45, 2.75) is 45.4 Å². The smallest absolute Gasteiger partial charge is 0.244 e. The maximum absolute atomic E-state index is 11.8. The zero-order valence-corrected chi connectivity index (χ0v) is 15.8. The molecule has 0 aliphatic carbocycles. The van der Waals surface area contributed by atoms with Crippen molar-refractivity contribution in [3.63, 3.8) is 0 Å². The minimum Gasteiger partial charge on any atom is -0.353 e. The number of aromatic nitrogens is 1. The Balaban J connectivity index is 2.15. The summed E-state index contributed by atoms with van der Waals surface area (Å²) in [6.45, 7) is 2.88. The second-order valence-electron chi connectivity index (χ2n) is 5.13. The first kappa shape index (κ1) is 19.9. The van der Waals surface area contributed by atoms with Crippen LogP contribution in [0.2, 0.25) is 0 Å². The Labute approximate surface area is 150 Å². The van der Waals surface area contributed by atoms with Crippen LogP contribution in [-0.2, 0) is 4.79 Å². The SMILES string of the molecule is CCCCCCCCNC(=O)C=CSC(=O)c1ccc(Br)cn1. The van der Waals surface area contributed by atoms with Crippen LogP contribution < -0.4 is 5.32 Å². The second kappa shape index (κ2) is 12.3. The van der Waals surface area contributed by atoms with Crippen LogP contribution in [0.15, 0.2) is 34.3 Å². The summed E-state index contributed by atoms with van der Waals surface area (Å²) in [6, 6.07) is 3.41. The van der Waals surface area contributed by atoms with E-state index in [1.807, 2.05) is 0 Å². The third-order valence-corrected chi connectivity index (χ3v) is 4.33. The molecule has 0 fully saturated rings. The largest absolute Gasteiger partial charge is 0.353 e. The number of unbranched alkanes of at least 4 members (excludes halogenated alkanes) is 5. The van der Waals surface area contributed by atoms with E-state index in [0.717, 1.165) is 29.1 Å². The summed E-state index contributed by atoms with van der Waals surface area (Å²) in [5, 5.41) is 4.14. The lowest BCUT2D eigenvalue weighted by Crippen LogP contribution is -2.21. The summed E-state index contributed by atoms with van der Waals surface area (Å²) >= 11 is 4.22. The number of carbonyl (C=O) groups is 2. The van der Waals surface area contributed by atoms with Gasteiger partial charge in [0.1, 0.15) is 5.69 Å². The standard InChI is InChI=1S/C17H23BrN2O2S/c1-2-3-4-5-6-7-11-19-16(21)10-12-23-17(22)15-9-8-14(18)13-20-15/h8-10,12-13H,2-7,11H2,1H3,(H,19,21). The van der Waals surface area contributed by atoms with Crippen molar-refractivity contribution in [3.8, 4) is 0 Å². The number of rotatable bonds is 10. The van der Waals surface area contributed by atoms with Gasteiger partial charge in [-0.05, 0) is 39.9 Å². The zero-order valence-electron chi connectivity index (χ0n) is 13.4. The molecule has 0 atom stereocenters. The third-order valence-electron chi connectivity index (χ3n) is 3.16. The molecule has 1 aromatic heterocycles. The number of hydrogen-bond acceptors (Lipinski definition) is 4. The maximum atomic E-state index is 11.8. The van der Waals surface area contributed by atoms with Crippen LogP contribution in [0.1, 0.15) is 55.9 Å². The van der Waals surface area contributed by atoms with E-state index < -0.39 is 0 Å². The molecule has 0 saturated carbocycles. The lowest BCUT2D eigenvalue weighted by Gasteiger charge is -2.02. The molecule has 0 unspecified atom stereocenters. The predicted molar refractivity (Wildman–Crippen MR) is 99.4 cm³/mol. The lowest BCUT2D eigenvalue weighted by molar-refractivity contribution is -0.116. The van der Waals surface area contributed by atoms with E-state index >= 15 is 0 Å². The van der Waals surface area contributed by atoms with E-state index in [4.69, 9.17) is 0 Å². The minimum atomic E-state index is -0.183. The molecular formula is C17H23BrN2O2S. The quantitative estimate of drug-likeness (QED) is 0.457. The molecule has 0 bridgehead atoms. The number of nitrogens with one attached hydrogen (secondary N) is 1. The molecular weight excluding hydrogens is 376 g/mol. The maximum Gasteiger partial charge on any atom is 0.244 e. The van der Waals surface area contributed by atoms with Gasteiger partial charge in [0.05, 0.1) is 0 Å². The van der Waals surface area contributed by atoms with Gasteiger partial charge in [0, 0.05) is 23.3 Å². The Morgan fingerprint density at radius 3 is 2.65 bits per heavy atom. The number of nitrogens with zero attached hydrogens (tertiary/aromatic N) is 1. The van der Waals surface area contributed by atoms with Crippen LogP contribution in [0, 0.1) is 0 Å². The highest BCUT2D eigenvalue weighted by Crippen LogP contribution is 2.14. The summed E-state index contributed by atoms with van der Waals surface area (Å²) < 4.78 is 0.823. The van der Waals surface area contributed by atoms with Crippen LogP contribution in [0.4, 0.5) is 0 Å². The van der Waals surface area contributed by atoms with Gasteiger partial charge >= 0.3 is 0 Å². The summed E-state index contributed by atoms with van der Waals surface area (Å²) in [5.74, 6) is -0.164. The highest BCUT2D eigenvalue weighted by molar-refractivity contribution is 9.10. The van der Waals surface area contributed by atoms with E-state index in [1.54, 1.807) is 18.3 Å². The molecule has 1 aromatic rings. The average Bonchev–Trinajstić information content (AvgIpc) is 2.54. The summed E-state index contributed by atoms with van der Waals surface area (Å²) in [5.41, 5.74) is 0.371. The van der Waals surface area contributed by atoms with Gasteiger partial charge in [-0.25, -0.2) is 0 Å². The van der Waals surface area contributed by atoms with Crippen molar-refractivity contribution in [1.29, 1.82) is 0 Å². The Hall–Kier alpha value is -1.14. The minimum absolute atomic E-state index is 0.164. The Morgan fingerprint density at radius 1 is 1.22 bits per heavy atom. The number of carbonyl (C=O) groups excluding carboxylic acids is 2. The van der Waals surface area contributed by atoms with Crippen LogP contribution >= 0.6 is 27.7 Å². The van der Waals surface area contributed by atoms with Crippen LogP contribution in [0.25, 0.3) is 0 Å². The van der Waals surface area contributed by atoms with Gasteiger partial charge in [0.15, 0.2) is 0 Å². The molecule has 126 valence electrons. The van der Waals surface area contributed by atoms with Gasteiger partial charge in [-0.1, -0.05) is 50.8 Å². The number of halogens is 1. The number of amides is 1. The first-order valence-corrected chi connectivity index (χ1v) is 9.57. The molecule has 0 spiro atoms. The first-order valence-electron chi connectivity index (χ1n) is 7.90. The van der Waals surface area contributed by atoms with Crippen molar-refractivity contribution in [1.82, 2.24) is 10.3 Å².